The highest BCUT2D eigenvalue weighted by molar-refractivity contribution is 5.87. The molecule has 2 aliphatic heterocycles. The number of carbonyl (C=O) groups is 1. The first-order chi connectivity index (χ1) is 12.3. The summed E-state index contributed by atoms with van der Waals surface area (Å²) in [6, 6.07) is 2.07. The number of nitrogens with zero attached hydrogens (tertiary/aromatic N) is 4. The van der Waals surface area contributed by atoms with Crippen molar-refractivity contribution in [2.45, 2.75) is 45.3 Å². The van der Waals surface area contributed by atoms with Crippen LogP contribution in [0.5, 0.6) is 0 Å². The second-order valence-electron chi connectivity index (χ2n) is 8.32. The lowest BCUT2D eigenvalue weighted by molar-refractivity contribution is -0.138. The van der Waals surface area contributed by atoms with Crippen molar-refractivity contribution in [3.8, 4) is 0 Å². The van der Waals surface area contributed by atoms with Gasteiger partial charge in [-0.15, -0.1) is 0 Å². The number of rotatable bonds is 2. The monoisotopic (exact) mass is 359 g/mol. The maximum atomic E-state index is 9.60. The molecule has 2 aromatic rings. The third-order valence-corrected chi connectivity index (χ3v) is 5.54. The Balaban J connectivity index is 0.000000242. The van der Waals surface area contributed by atoms with E-state index in [1.807, 2.05) is 27.0 Å². The molecule has 2 saturated heterocycles. The highest BCUT2D eigenvalue weighted by Gasteiger charge is 2.53. The number of hydrogen-bond donors (Lipinski definition) is 1. The molecule has 0 saturated carbocycles. The van der Waals surface area contributed by atoms with E-state index in [0.29, 0.717) is 12.0 Å². The van der Waals surface area contributed by atoms with Gasteiger partial charge in [-0.2, -0.15) is 0 Å². The average molecular weight is 359 g/mol. The van der Waals surface area contributed by atoms with Crippen LogP contribution in [-0.2, 0) is 9.53 Å². The zero-order chi connectivity index (χ0) is 18.9. The van der Waals surface area contributed by atoms with Gasteiger partial charge in [-0.05, 0) is 46.2 Å². The number of hydrogen-bond acceptors (Lipinski definition) is 6. The zero-order valence-corrected chi connectivity index (χ0v) is 16.3. The molecular formula is C19H29N5O2. The summed E-state index contributed by atoms with van der Waals surface area (Å²) in [5.74, 6) is 1.86. The first kappa shape index (κ1) is 18.6. The molecule has 1 N–H and O–H groups in total. The number of fused-ring (bicyclic) bond motifs is 1. The molecule has 0 aliphatic carbocycles. The van der Waals surface area contributed by atoms with Crippen molar-refractivity contribution in [3.05, 3.63) is 18.6 Å². The van der Waals surface area contributed by atoms with Crippen molar-refractivity contribution in [3.63, 3.8) is 0 Å². The molecule has 2 atom stereocenters. The summed E-state index contributed by atoms with van der Waals surface area (Å²) in [6.07, 6.45) is 4.83. The van der Waals surface area contributed by atoms with E-state index in [0.717, 1.165) is 35.9 Å². The fraction of sp³-hybridized carbons (Fsp3) is 0.632. The zero-order valence-electron chi connectivity index (χ0n) is 16.3. The number of H-pyrrole nitrogens is 1. The highest BCUT2D eigenvalue weighted by Crippen LogP contribution is 2.43. The van der Waals surface area contributed by atoms with Gasteiger partial charge in [-0.25, -0.2) is 9.97 Å². The van der Waals surface area contributed by atoms with Crippen LogP contribution in [0.15, 0.2) is 18.6 Å². The lowest BCUT2D eigenvalue weighted by atomic mass is 9.75. The average Bonchev–Trinajstić information content (AvgIpc) is 3.23. The van der Waals surface area contributed by atoms with Gasteiger partial charge in [-0.1, -0.05) is 6.92 Å². The molecule has 1 spiro atoms. The Morgan fingerprint density at radius 1 is 1.38 bits per heavy atom. The Labute approximate surface area is 154 Å². The Hall–Kier alpha value is -2.15. The van der Waals surface area contributed by atoms with Gasteiger partial charge in [0.15, 0.2) is 0 Å². The van der Waals surface area contributed by atoms with Crippen molar-refractivity contribution < 1.29 is 9.53 Å². The smallest absolute Gasteiger partial charge is 0.293 e. The van der Waals surface area contributed by atoms with Gasteiger partial charge < -0.3 is 14.6 Å². The molecule has 7 nitrogen and oxygen atoms in total. The Morgan fingerprint density at radius 3 is 2.69 bits per heavy atom. The first-order valence-corrected chi connectivity index (χ1v) is 9.12. The summed E-state index contributed by atoms with van der Waals surface area (Å²) in [5.41, 5.74) is 0.982. The van der Waals surface area contributed by atoms with Crippen LogP contribution in [0.25, 0.3) is 11.0 Å². The molecule has 0 aromatic carbocycles. The number of likely N-dealkylation sites (N-methyl/N-ethyl adjacent to an activating group) is 1. The lowest BCUT2D eigenvalue weighted by Crippen LogP contribution is -2.65. The van der Waals surface area contributed by atoms with Crippen molar-refractivity contribution in [1.29, 1.82) is 0 Å². The summed E-state index contributed by atoms with van der Waals surface area (Å²) in [6.45, 7) is 11.7. The van der Waals surface area contributed by atoms with E-state index in [2.05, 4.69) is 49.5 Å². The van der Waals surface area contributed by atoms with E-state index in [1.54, 1.807) is 6.33 Å². The number of anilines is 1. The number of carbonyl (C=O) groups excluding carboxylic acids is 1. The molecule has 7 heteroatoms. The number of nitrogens with one attached hydrogen (secondary N) is 1. The summed E-state index contributed by atoms with van der Waals surface area (Å²) in [4.78, 5) is 26.5. The Kier molecular flexibility index (Phi) is 4.92. The molecule has 4 heterocycles. The third kappa shape index (κ3) is 3.40. The fourth-order valence-electron chi connectivity index (χ4n) is 3.99. The van der Waals surface area contributed by atoms with E-state index in [4.69, 9.17) is 0 Å². The quantitative estimate of drug-likeness (QED) is 0.830. The molecule has 0 amide bonds. The van der Waals surface area contributed by atoms with Crippen molar-refractivity contribution in [2.24, 2.45) is 5.92 Å². The maximum Gasteiger partial charge on any atom is 0.293 e. The van der Waals surface area contributed by atoms with Gasteiger partial charge in [0.1, 0.15) is 23.4 Å². The first-order valence-electron chi connectivity index (χ1n) is 9.12. The number of aromatic amines is 1. The van der Waals surface area contributed by atoms with E-state index < -0.39 is 0 Å². The summed E-state index contributed by atoms with van der Waals surface area (Å²) < 4.78 is 4.55. The largest absolute Gasteiger partial charge is 0.462 e. The van der Waals surface area contributed by atoms with E-state index in [9.17, 15) is 4.79 Å². The number of ether oxygens (including phenoxy) is 1. The molecule has 142 valence electrons. The van der Waals surface area contributed by atoms with Gasteiger partial charge in [-0.3, -0.25) is 9.69 Å². The molecule has 2 fully saturated rings. The standard InChI is InChI=1S/C14H19N5.C5H10O2/c1-10-7-18(2)14(10)4-6-19(8-14)13-11-3-5-15-12(11)16-9-17-13;1-5(2,3)7-4-6/h3,5,9-10H,4,6-8H2,1-2H3,(H,15,16,17);4H,1-3H3. The number of likely N-dealkylation sites (tertiary alicyclic amines) is 1. The minimum absolute atomic E-state index is 0.318. The van der Waals surface area contributed by atoms with E-state index in [-0.39, 0.29) is 5.60 Å². The van der Waals surface area contributed by atoms with E-state index in [1.165, 1.54) is 13.0 Å². The van der Waals surface area contributed by atoms with Crippen LogP contribution < -0.4 is 4.90 Å². The third-order valence-electron chi connectivity index (χ3n) is 5.54. The predicted molar refractivity (Wildman–Crippen MR) is 102 cm³/mol. The SMILES string of the molecule is CC(C)(C)OC=O.CC1CN(C)C12CCN(c1ncnc3[nH]ccc13)C2. The summed E-state index contributed by atoms with van der Waals surface area (Å²) >= 11 is 0. The van der Waals surface area contributed by atoms with Crippen LogP contribution >= 0.6 is 0 Å². The normalized spacial score (nSPS) is 25.7. The van der Waals surface area contributed by atoms with Crippen LogP contribution in [0.1, 0.15) is 34.1 Å². The minimum atomic E-state index is -0.318. The molecule has 0 radical (unpaired) electrons. The second kappa shape index (κ2) is 6.87. The summed E-state index contributed by atoms with van der Waals surface area (Å²) in [7, 11) is 2.25. The highest BCUT2D eigenvalue weighted by atomic mass is 16.5. The molecule has 0 bridgehead atoms. The van der Waals surface area contributed by atoms with Crippen molar-refractivity contribution in [1.82, 2.24) is 19.9 Å². The van der Waals surface area contributed by atoms with Gasteiger partial charge in [0.25, 0.3) is 6.47 Å². The van der Waals surface area contributed by atoms with Crippen molar-refractivity contribution >= 4 is 23.3 Å². The lowest BCUT2D eigenvalue weighted by Gasteiger charge is -2.54. The molecule has 2 unspecified atom stereocenters. The fourth-order valence-corrected chi connectivity index (χ4v) is 3.99. The van der Waals surface area contributed by atoms with Crippen LogP contribution in [0, 0.1) is 5.92 Å². The van der Waals surface area contributed by atoms with Gasteiger partial charge in [0, 0.05) is 31.4 Å². The number of aromatic nitrogens is 3. The van der Waals surface area contributed by atoms with E-state index >= 15 is 0 Å². The summed E-state index contributed by atoms with van der Waals surface area (Å²) in [5, 5.41) is 1.13. The molecular weight excluding hydrogens is 330 g/mol. The van der Waals surface area contributed by atoms with Gasteiger partial charge >= 0.3 is 0 Å². The molecule has 4 rings (SSSR count). The van der Waals surface area contributed by atoms with Crippen molar-refractivity contribution in [2.75, 3.05) is 31.6 Å². The minimum Gasteiger partial charge on any atom is -0.462 e. The molecule has 2 aromatic heterocycles. The van der Waals surface area contributed by atoms with Gasteiger partial charge in [0.05, 0.1) is 5.39 Å². The Bertz CT molecular complexity index is 759. The Morgan fingerprint density at radius 2 is 2.15 bits per heavy atom. The topological polar surface area (TPSA) is 74.3 Å². The van der Waals surface area contributed by atoms with Crippen LogP contribution in [0.3, 0.4) is 0 Å². The molecule has 26 heavy (non-hydrogen) atoms. The van der Waals surface area contributed by atoms with Crippen LogP contribution in [0.4, 0.5) is 5.82 Å². The maximum absolute atomic E-state index is 9.60. The second-order valence-corrected chi connectivity index (χ2v) is 8.32. The van der Waals surface area contributed by atoms with Crippen LogP contribution in [-0.4, -0.2) is 64.1 Å². The predicted octanol–water partition coefficient (Wildman–Crippen LogP) is 2.45. The molecule has 2 aliphatic rings. The van der Waals surface area contributed by atoms with Gasteiger partial charge in [0.2, 0.25) is 0 Å². The van der Waals surface area contributed by atoms with Crippen LogP contribution in [0.2, 0.25) is 0 Å².